The van der Waals surface area contributed by atoms with Crippen molar-refractivity contribution in [2.24, 2.45) is 0 Å². The van der Waals surface area contributed by atoms with Gasteiger partial charge in [0, 0.05) is 61.2 Å². The summed E-state index contributed by atoms with van der Waals surface area (Å²) in [5.74, 6) is -1.89. The molecule has 0 saturated heterocycles. The number of rotatable bonds is 16. The molecule has 0 fully saturated rings. The van der Waals surface area contributed by atoms with Crippen molar-refractivity contribution in [1.82, 2.24) is 0 Å². The summed E-state index contributed by atoms with van der Waals surface area (Å²) in [4.78, 5) is 0. The van der Waals surface area contributed by atoms with Crippen molar-refractivity contribution in [3.05, 3.63) is 0 Å². The summed E-state index contributed by atoms with van der Waals surface area (Å²) in [5, 5.41) is 0. The molecule has 0 amide bonds. The fraction of sp³-hybridized carbons (Fsp3) is 1.00. The van der Waals surface area contributed by atoms with Crippen molar-refractivity contribution in [1.29, 1.82) is 0 Å². The summed E-state index contributed by atoms with van der Waals surface area (Å²) in [6.07, 6.45) is 0. The first kappa shape index (κ1) is 23.0. The molecule has 0 heterocycles. The normalized spacial score (nSPS) is 12.8. The lowest BCUT2D eigenvalue weighted by Crippen LogP contribution is -2.44. The lowest BCUT2D eigenvalue weighted by atomic mass is 10.5. The predicted octanol–water partition coefficient (Wildman–Crippen LogP) is 2.52. The number of hydrogen-bond donors (Lipinski definition) is 0. The minimum Gasteiger partial charge on any atom is -0.328 e. The van der Waals surface area contributed by atoms with Crippen LogP contribution in [0.2, 0.25) is 12.1 Å². The first-order valence-electron chi connectivity index (χ1n) is 8.91. The van der Waals surface area contributed by atoms with Crippen molar-refractivity contribution in [3.8, 4) is 0 Å². The molecule has 0 aromatic heterocycles. The summed E-state index contributed by atoms with van der Waals surface area (Å²) in [6, 6.07) is 1.44. The molecule has 0 atom stereocenters. The molecule has 0 saturated carbocycles. The molecule has 23 heavy (non-hydrogen) atoms. The minimum absolute atomic E-state index is 0.544. The van der Waals surface area contributed by atoms with Gasteiger partial charge in [-0.15, -0.1) is 0 Å². The molecule has 0 unspecified atom stereocenters. The maximum absolute atomic E-state index is 5.77. The zero-order chi connectivity index (χ0) is 17.6. The van der Waals surface area contributed by atoms with Crippen LogP contribution in [-0.4, -0.2) is 61.1 Å². The van der Waals surface area contributed by atoms with Crippen molar-refractivity contribution in [2.45, 2.75) is 65.6 Å². The van der Waals surface area contributed by atoms with Gasteiger partial charge in [-0.25, -0.2) is 0 Å². The van der Waals surface area contributed by atoms with Crippen LogP contribution in [0.1, 0.15) is 41.5 Å². The second kappa shape index (κ2) is 13.3. The monoisotopic (exact) mass is 352 g/mol. The molecule has 0 rings (SSSR count). The largest absolute Gasteiger partial charge is 0.328 e. The maximum Gasteiger partial charge on any atom is 0.279 e. The zero-order valence-corrected chi connectivity index (χ0v) is 17.2. The summed E-state index contributed by atoms with van der Waals surface area (Å²) < 4.78 is 34.6. The van der Waals surface area contributed by atoms with E-state index in [0.29, 0.717) is 39.6 Å². The van der Waals surface area contributed by atoms with Gasteiger partial charge in [-0.2, -0.15) is 0 Å². The van der Waals surface area contributed by atoms with Crippen LogP contribution in [0.3, 0.4) is 0 Å². The molecule has 7 heteroatoms. The average molecular weight is 353 g/mol. The van der Waals surface area contributed by atoms with Gasteiger partial charge >= 0.3 is 0 Å². The Balaban J connectivity index is 4.82. The van der Waals surface area contributed by atoms with Crippen LogP contribution in [0.15, 0.2) is 0 Å². The van der Waals surface area contributed by atoms with Gasteiger partial charge in [0.05, 0.1) is 0 Å². The molecule has 0 aliphatic heterocycles. The summed E-state index contributed by atoms with van der Waals surface area (Å²) in [5.41, 5.74) is 0. The van der Waals surface area contributed by atoms with Crippen LogP contribution in [-0.2, 0) is 28.4 Å². The molecule has 0 N–H and O–H groups in total. The maximum atomic E-state index is 5.77. The van der Waals surface area contributed by atoms with Crippen molar-refractivity contribution in [3.63, 3.8) is 0 Å². The highest BCUT2D eigenvalue weighted by Crippen LogP contribution is 2.26. The Morgan fingerprint density at radius 3 is 0.870 bits per heavy atom. The first-order valence-corrected chi connectivity index (χ1v) is 10.9. The fourth-order valence-corrected chi connectivity index (χ4v) is 4.43. The zero-order valence-electron chi connectivity index (χ0n) is 15.8. The Morgan fingerprint density at radius 1 is 0.478 bits per heavy atom. The molecule has 0 spiro atoms. The molecule has 0 aliphatic rings. The Labute approximate surface area is 143 Å². The third kappa shape index (κ3) is 8.58. The highest BCUT2D eigenvalue weighted by molar-refractivity contribution is 6.36. The van der Waals surface area contributed by atoms with Gasteiger partial charge in [0.15, 0.2) is 0 Å². The van der Waals surface area contributed by atoms with Gasteiger partial charge in [0.1, 0.15) is 0 Å². The molecule has 0 radical (unpaired) electrons. The van der Waals surface area contributed by atoms with E-state index in [1.807, 2.05) is 41.5 Å². The average Bonchev–Trinajstić information content (AvgIpc) is 2.49. The topological polar surface area (TPSA) is 55.4 Å². The van der Waals surface area contributed by atoms with Crippen molar-refractivity contribution in [2.75, 3.05) is 39.6 Å². The highest BCUT2D eigenvalue weighted by Gasteiger charge is 2.37. The van der Waals surface area contributed by atoms with Gasteiger partial charge in [0.25, 0.3) is 11.9 Å². The second-order valence-corrected chi connectivity index (χ2v) is 6.52. The summed E-state index contributed by atoms with van der Waals surface area (Å²) >= 11 is 0. The lowest BCUT2D eigenvalue weighted by Gasteiger charge is -2.35. The van der Waals surface area contributed by atoms with E-state index in [9.17, 15) is 0 Å². The highest BCUT2D eigenvalue weighted by atomic mass is 28.2. The lowest BCUT2D eigenvalue weighted by molar-refractivity contribution is -0.369. The summed E-state index contributed by atoms with van der Waals surface area (Å²) in [6.45, 7) is 14.9. The van der Waals surface area contributed by atoms with Gasteiger partial charge in [-0.05, 0) is 41.5 Å². The van der Waals surface area contributed by atoms with E-state index < -0.39 is 21.5 Å². The van der Waals surface area contributed by atoms with E-state index in [4.69, 9.17) is 28.4 Å². The minimum atomic E-state index is -0.944. The Kier molecular flexibility index (Phi) is 13.3. The van der Waals surface area contributed by atoms with E-state index >= 15 is 0 Å². The van der Waals surface area contributed by atoms with E-state index in [1.54, 1.807) is 0 Å². The molecule has 0 aromatic rings. The van der Waals surface area contributed by atoms with Crippen LogP contribution in [0, 0.1) is 0 Å². The van der Waals surface area contributed by atoms with E-state index in [1.165, 1.54) is 0 Å². The van der Waals surface area contributed by atoms with E-state index in [-0.39, 0.29) is 0 Å². The Bertz CT molecular complexity index is 217. The second-order valence-electron chi connectivity index (χ2n) is 4.82. The van der Waals surface area contributed by atoms with E-state index in [0.717, 1.165) is 12.1 Å². The van der Waals surface area contributed by atoms with Gasteiger partial charge in [-0.1, -0.05) is 0 Å². The van der Waals surface area contributed by atoms with Crippen LogP contribution in [0.4, 0.5) is 0 Å². The molecule has 0 aromatic carbocycles. The number of hydrogen-bond acceptors (Lipinski definition) is 6. The Morgan fingerprint density at radius 2 is 0.696 bits per heavy atom. The van der Waals surface area contributed by atoms with Gasteiger partial charge in [-0.3, -0.25) is 0 Å². The Hall–Kier alpha value is -0.0231. The van der Waals surface area contributed by atoms with Gasteiger partial charge in [0.2, 0.25) is 0 Å². The SMILES string of the molecule is CCOC(C[SiH2]CC(OCC)(OCC)OCC)(OCC)OCC. The number of ether oxygens (including phenoxy) is 6. The van der Waals surface area contributed by atoms with Gasteiger partial charge < -0.3 is 28.4 Å². The molecule has 0 bridgehead atoms. The molecule has 0 aliphatic carbocycles. The summed E-state index contributed by atoms with van der Waals surface area (Å²) in [7, 11) is -0.669. The first-order chi connectivity index (χ1) is 11.1. The predicted molar refractivity (Wildman–Crippen MR) is 93.4 cm³/mol. The third-order valence-corrected chi connectivity index (χ3v) is 5.08. The van der Waals surface area contributed by atoms with Crippen molar-refractivity contribution < 1.29 is 28.4 Å². The fourth-order valence-electron chi connectivity index (χ4n) is 2.52. The van der Waals surface area contributed by atoms with Crippen LogP contribution in [0.5, 0.6) is 0 Å². The standard InChI is InChI=1S/C16H36O6Si/c1-7-17-15(18-8-2,19-9-3)13-23-14-16(20-10-4,21-11-5)22-12-6/h7-14,23H2,1-6H3. The van der Waals surface area contributed by atoms with Crippen LogP contribution < -0.4 is 0 Å². The third-order valence-electron chi connectivity index (χ3n) is 3.15. The van der Waals surface area contributed by atoms with Crippen LogP contribution >= 0.6 is 0 Å². The molecular weight excluding hydrogens is 316 g/mol. The van der Waals surface area contributed by atoms with Crippen LogP contribution in [0.25, 0.3) is 0 Å². The molecular formula is C16H36O6Si. The quantitative estimate of drug-likeness (QED) is 0.314. The van der Waals surface area contributed by atoms with Crippen molar-refractivity contribution >= 4 is 9.52 Å². The molecule has 140 valence electrons. The molecule has 6 nitrogen and oxygen atoms in total. The van der Waals surface area contributed by atoms with E-state index in [2.05, 4.69) is 0 Å². The smallest absolute Gasteiger partial charge is 0.279 e.